The Kier molecular flexibility index (Phi) is 5.85. The van der Waals surface area contributed by atoms with Crippen LogP contribution in [0.5, 0.6) is 11.6 Å². The number of ether oxygens (including phenoxy) is 2. The summed E-state index contributed by atoms with van der Waals surface area (Å²) in [5, 5.41) is 22.6. The molecule has 0 bridgehead atoms. The number of methoxy groups -OCH3 is 1. The van der Waals surface area contributed by atoms with Gasteiger partial charge in [0.1, 0.15) is 18.1 Å². The van der Waals surface area contributed by atoms with Crippen molar-refractivity contribution in [2.45, 2.75) is 0 Å². The first kappa shape index (κ1) is 21.1. The first-order valence-electron chi connectivity index (χ1n) is 10.6. The molecular formula is C24H21N7O3. The lowest BCUT2D eigenvalue weighted by Gasteiger charge is -2.07. The lowest BCUT2D eigenvalue weighted by atomic mass is 10.1. The van der Waals surface area contributed by atoms with Crippen LogP contribution in [0.1, 0.15) is 10.5 Å². The molecule has 170 valence electrons. The maximum Gasteiger partial charge on any atom is 0.269 e. The summed E-state index contributed by atoms with van der Waals surface area (Å²) in [6.07, 6.45) is 0. The first-order chi connectivity index (χ1) is 16.7. The summed E-state index contributed by atoms with van der Waals surface area (Å²) in [6, 6.07) is 22.3. The van der Waals surface area contributed by atoms with Gasteiger partial charge in [0.05, 0.1) is 19.3 Å². The molecule has 5 rings (SSSR count). The van der Waals surface area contributed by atoms with Crippen LogP contribution in [0.15, 0.2) is 72.8 Å². The van der Waals surface area contributed by atoms with Crippen molar-refractivity contribution in [3.05, 3.63) is 78.5 Å². The molecule has 0 atom stereocenters. The Morgan fingerprint density at radius 2 is 1.82 bits per heavy atom. The highest BCUT2D eigenvalue weighted by molar-refractivity contribution is 5.93. The van der Waals surface area contributed by atoms with Crippen LogP contribution in [0, 0.1) is 0 Å². The lowest BCUT2D eigenvalue weighted by molar-refractivity contribution is 0.0941. The van der Waals surface area contributed by atoms with Gasteiger partial charge < -0.3 is 14.8 Å². The number of H-pyrrole nitrogens is 1. The van der Waals surface area contributed by atoms with Crippen molar-refractivity contribution >= 4 is 11.6 Å². The van der Waals surface area contributed by atoms with Gasteiger partial charge in [0.2, 0.25) is 5.88 Å². The van der Waals surface area contributed by atoms with Crippen molar-refractivity contribution < 1.29 is 14.3 Å². The van der Waals surface area contributed by atoms with Crippen LogP contribution >= 0.6 is 0 Å². The van der Waals surface area contributed by atoms with E-state index in [9.17, 15) is 4.79 Å². The number of hydrogen-bond donors (Lipinski definition) is 2. The molecule has 0 saturated heterocycles. The Hall–Kier alpha value is -4.73. The zero-order valence-corrected chi connectivity index (χ0v) is 18.3. The number of carbonyl (C=O) groups excluding carboxylic acids is 1. The van der Waals surface area contributed by atoms with Gasteiger partial charge in [0, 0.05) is 17.2 Å². The van der Waals surface area contributed by atoms with Crippen molar-refractivity contribution in [2.75, 3.05) is 20.3 Å². The zero-order chi connectivity index (χ0) is 23.3. The van der Waals surface area contributed by atoms with E-state index in [1.807, 2.05) is 54.6 Å². The number of benzene rings is 2. The number of fused-ring (bicyclic) bond motifs is 1. The second kappa shape index (κ2) is 9.41. The molecule has 3 aromatic heterocycles. The van der Waals surface area contributed by atoms with Gasteiger partial charge in [-0.25, -0.2) is 0 Å². The number of hydrogen-bond acceptors (Lipinski definition) is 7. The van der Waals surface area contributed by atoms with Gasteiger partial charge in [-0.1, -0.05) is 30.3 Å². The van der Waals surface area contributed by atoms with Crippen LogP contribution < -0.4 is 14.8 Å². The van der Waals surface area contributed by atoms with Crippen LogP contribution in [0.2, 0.25) is 0 Å². The molecule has 1 amide bonds. The number of carbonyl (C=O) groups is 1. The van der Waals surface area contributed by atoms with E-state index >= 15 is 0 Å². The maximum absolute atomic E-state index is 12.4. The van der Waals surface area contributed by atoms with Gasteiger partial charge >= 0.3 is 0 Å². The second-order valence-electron chi connectivity index (χ2n) is 7.33. The fourth-order valence-electron chi connectivity index (χ4n) is 3.38. The highest BCUT2D eigenvalue weighted by Crippen LogP contribution is 2.22. The van der Waals surface area contributed by atoms with Gasteiger partial charge in [0.15, 0.2) is 11.5 Å². The topological polar surface area (TPSA) is 119 Å². The molecule has 0 saturated carbocycles. The van der Waals surface area contributed by atoms with Crippen LogP contribution in [0.4, 0.5) is 0 Å². The quantitative estimate of drug-likeness (QED) is 0.345. The number of aromatic amines is 1. The molecule has 2 aromatic carbocycles. The maximum atomic E-state index is 12.4. The predicted octanol–water partition coefficient (Wildman–Crippen LogP) is 3.00. The van der Waals surface area contributed by atoms with Gasteiger partial charge in [-0.3, -0.25) is 9.89 Å². The molecule has 0 aliphatic rings. The molecule has 0 aliphatic carbocycles. The van der Waals surface area contributed by atoms with Crippen LogP contribution in [-0.4, -0.2) is 56.2 Å². The van der Waals surface area contributed by atoms with Crippen LogP contribution in [-0.2, 0) is 0 Å². The molecule has 10 nitrogen and oxygen atoms in total. The van der Waals surface area contributed by atoms with E-state index in [1.54, 1.807) is 29.8 Å². The Bertz CT molecular complexity index is 1410. The molecule has 3 heterocycles. The minimum absolute atomic E-state index is 0.240. The molecule has 0 unspecified atom stereocenters. The minimum Gasteiger partial charge on any atom is -0.497 e. The number of amides is 1. The summed E-state index contributed by atoms with van der Waals surface area (Å²) < 4.78 is 12.5. The standard InChI is InChI=1S/C24H21N7O3/c1-33-18-9-7-17(8-10-18)23-29-28-21-11-12-22(30-31(21)23)34-14-13-25-24(32)20-15-19(26-27-20)16-5-3-2-4-6-16/h2-12,15H,13-14H2,1H3,(H,25,32)(H,26,27). The second-order valence-corrected chi connectivity index (χ2v) is 7.33. The van der Waals surface area contributed by atoms with Gasteiger partial charge in [-0.15, -0.1) is 15.3 Å². The van der Waals surface area contributed by atoms with Crippen molar-refractivity contribution in [3.63, 3.8) is 0 Å². The summed E-state index contributed by atoms with van der Waals surface area (Å²) in [6.45, 7) is 0.537. The minimum atomic E-state index is -0.262. The smallest absolute Gasteiger partial charge is 0.269 e. The van der Waals surface area contributed by atoms with E-state index in [4.69, 9.17) is 9.47 Å². The van der Waals surface area contributed by atoms with E-state index in [0.29, 0.717) is 35.3 Å². The van der Waals surface area contributed by atoms with E-state index in [1.165, 1.54) is 0 Å². The zero-order valence-electron chi connectivity index (χ0n) is 18.3. The predicted molar refractivity (Wildman–Crippen MR) is 125 cm³/mol. The van der Waals surface area contributed by atoms with Crippen LogP contribution in [0.25, 0.3) is 28.3 Å². The number of nitrogens with one attached hydrogen (secondary N) is 2. The number of aromatic nitrogens is 6. The molecule has 34 heavy (non-hydrogen) atoms. The lowest BCUT2D eigenvalue weighted by Crippen LogP contribution is -2.28. The molecular weight excluding hydrogens is 434 g/mol. The van der Waals surface area contributed by atoms with Crippen molar-refractivity contribution in [1.82, 2.24) is 35.3 Å². The molecule has 2 N–H and O–H groups in total. The fraction of sp³-hybridized carbons (Fsp3) is 0.125. The average Bonchev–Trinajstić information content (AvgIpc) is 3.55. The summed E-state index contributed by atoms with van der Waals surface area (Å²) in [7, 11) is 1.62. The average molecular weight is 455 g/mol. The SMILES string of the molecule is COc1ccc(-c2nnc3ccc(OCCNC(=O)c4cc(-c5ccccc5)n[nH]4)nn23)cc1. The number of nitrogens with zero attached hydrogens (tertiary/aromatic N) is 5. The molecule has 0 aliphatic heterocycles. The number of rotatable bonds is 8. The summed E-state index contributed by atoms with van der Waals surface area (Å²) in [4.78, 5) is 12.4. The van der Waals surface area contributed by atoms with Gasteiger partial charge in [-0.2, -0.15) is 9.61 Å². The summed E-state index contributed by atoms with van der Waals surface area (Å²) in [5.74, 6) is 1.47. The molecule has 0 radical (unpaired) electrons. The molecule has 0 spiro atoms. The van der Waals surface area contributed by atoms with Gasteiger partial charge in [0.25, 0.3) is 5.91 Å². The Morgan fingerprint density at radius 1 is 1.00 bits per heavy atom. The van der Waals surface area contributed by atoms with E-state index < -0.39 is 0 Å². The monoisotopic (exact) mass is 455 g/mol. The normalized spacial score (nSPS) is 10.9. The van der Waals surface area contributed by atoms with E-state index in [-0.39, 0.29) is 12.5 Å². The molecule has 10 heteroatoms. The summed E-state index contributed by atoms with van der Waals surface area (Å²) >= 11 is 0. The Labute approximate surface area is 194 Å². The molecule has 5 aromatic rings. The fourth-order valence-corrected chi connectivity index (χ4v) is 3.38. The third-order valence-electron chi connectivity index (χ3n) is 5.12. The third kappa shape index (κ3) is 4.42. The van der Waals surface area contributed by atoms with Gasteiger partial charge in [-0.05, 0) is 36.4 Å². The van der Waals surface area contributed by atoms with Crippen LogP contribution in [0.3, 0.4) is 0 Å². The van der Waals surface area contributed by atoms with Crippen molar-refractivity contribution in [1.29, 1.82) is 0 Å². The first-order valence-corrected chi connectivity index (χ1v) is 10.6. The Morgan fingerprint density at radius 3 is 2.62 bits per heavy atom. The third-order valence-corrected chi connectivity index (χ3v) is 5.12. The van der Waals surface area contributed by atoms with E-state index in [2.05, 4.69) is 30.8 Å². The molecule has 0 fully saturated rings. The largest absolute Gasteiger partial charge is 0.497 e. The Balaban J connectivity index is 1.19. The highest BCUT2D eigenvalue weighted by Gasteiger charge is 2.12. The van der Waals surface area contributed by atoms with Crippen molar-refractivity contribution in [2.24, 2.45) is 0 Å². The summed E-state index contributed by atoms with van der Waals surface area (Å²) in [5.41, 5.74) is 3.47. The highest BCUT2D eigenvalue weighted by atomic mass is 16.5. The van der Waals surface area contributed by atoms with Crippen molar-refractivity contribution in [3.8, 4) is 34.3 Å². The van der Waals surface area contributed by atoms with E-state index in [0.717, 1.165) is 16.9 Å².